The number of nitrogens with one attached hydrogen (secondary N) is 2. The predicted octanol–water partition coefficient (Wildman–Crippen LogP) is 3.99. The number of amides is 2. The van der Waals surface area contributed by atoms with Crippen LogP contribution in [0.4, 0.5) is 0 Å². The zero-order chi connectivity index (χ0) is 22.9. The van der Waals surface area contributed by atoms with E-state index in [1.165, 1.54) is 13.2 Å². The first kappa shape index (κ1) is 22.8. The summed E-state index contributed by atoms with van der Waals surface area (Å²) in [6.07, 6.45) is 3.07. The first-order valence-corrected chi connectivity index (χ1v) is 10.5. The summed E-state index contributed by atoms with van der Waals surface area (Å²) in [4.78, 5) is 27.6. The monoisotopic (exact) mass is 449 g/mol. The molecule has 0 saturated carbocycles. The van der Waals surface area contributed by atoms with Crippen molar-refractivity contribution in [2.75, 3.05) is 14.2 Å². The Kier molecular flexibility index (Phi) is 7.77. The zero-order valence-electron chi connectivity index (χ0n) is 17.9. The van der Waals surface area contributed by atoms with Crippen LogP contribution in [-0.4, -0.2) is 32.2 Å². The molecule has 7 nitrogen and oxygen atoms in total. The summed E-state index contributed by atoms with van der Waals surface area (Å²) in [6, 6.07) is 17.7. The molecule has 0 atom stereocenters. The largest absolute Gasteiger partial charge is 0.497 e. The van der Waals surface area contributed by atoms with E-state index in [9.17, 15) is 9.59 Å². The predicted molar refractivity (Wildman–Crippen MR) is 126 cm³/mol. The summed E-state index contributed by atoms with van der Waals surface area (Å²) in [6.45, 7) is 1.99. The molecule has 3 rings (SSSR count). The molecule has 0 saturated heterocycles. The number of hydrazone groups is 1. The lowest BCUT2D eigenvalue weighted by Gasteiger charge is -2.11. The average molecular weight is 450 g/mol. The van der Waals surface area contributed by atoms with Gasteiger partial charge in [0.25, 0.3) is 11.8 Å². The van der Waals surface area contributed by atoms with Crippen LogP contribution in [0.2, 0.25) is 0 Å². The Morgan fingerprint density at radius 3 is 2.44 bits per heavy atom. The number of carbonyl (C=O) groups excluding carboxylic acids is 2. The van der Waals surface area contributed by atoms with Gasteiger partial charge in [0.1, 0.15) is 17.2 Å². The van der Waals surface area contributed by atoms with Crippen LogP contribution in [0.25, 0.3) is 6.08 Å². The molecule has 0 fully saturated rings. The summed E-state index contributed by atoms with van der Waals surface area (Å²) in [5.41, 5.74) is 3.45. The number of benzene rings is 2. The van der Waals surface area contributed by atoms with Crippen molar-refractivity contribution in [3.63, 3.8) is 0 Å². The number of ether oxygens (including phenoxy) is 2. The molecule has 0 radical (unpaired) electrons. The molecule has 2 aromatic carbocycles. The average Bonchev–Trinajstić information content (AvgIpc) is 3.23. The van der Waals surface area contributed by atoms with E-state index in [0.717, 1.165) is 9.75 Å². The number of hydrogen-bond acceptors (Lipinski definition) is 6. The Morgan fingerprint density at radius 2 is 1.78 bits per heavy atom. The molecule has 0 unspecified atom stereocenters. The van der Waals surface area contributed by atoms with E-state index in [1.54, 1.807) is 67.1 Å². The molecule has 32 heavy (non-hydrogen) atoms. The third kappa shape index (κ3) is 6.05. The Morgan fingerprint density at radius 1 is 1.00 bits per heavy atom. The maximum absolute atomic E-state index is 12.9. The molecule has 2 amide bonds. The number of carbonyl (C=O) groups is 2. The van der Waals surface area contributed by atoms with Gasteiger partial charge < -0.3 is 14.8 Å². The van der Waals surface area contributed by atoms with Crippen LogP contribution >= 0.6 is 11.3 Å². The molecule has 0 spiro atoms. The number of hydrogen-bond donors (Lipinski definition) is 2. The molecule has 0 aliphatic rings. The lowest BCUT2D eigenvalue weighted by Crippen LogP contribution is -2.32. The lowest BCUT2D eigenvalue weighted by atomic mass is 10.1. The molecule has 3 aromatic rings. The van der Waals surface area contributed by atoms with Gasteiger partial charge in [-0.15, -0.1) is 11.3 Å². The van der Waals surface area contributed by atoms with Gasteiger partial charge in [0.05, 0.1) is 20.4 Å². The van der Waals surface area contributed by atoms with Gasteiger partial charge in [0.15, 0.2) is 0 Å². The fraction of sp³-hybridized carbons (Fsp3) is 0.125. The van der Waals surface area contributed by atoms with E-state index in [2.05, 4.69) is 15.8 Å². The minimum atomic E-state index is -0.580. The topological polar surface area (TPSA) is 89.0 Å². The third-order valence-corrected chi connectivity index (χ3v) is 5.32. The quantitative estimate of drug-likeness (QED) is 0.309. The first-order chi connectivity index (χ1) is 15.5. The Balaban J connectivity index is 1.90. The summed E-state index contributed by atoms with van der Waals surface area (Å²) < 4.78 is 10.7. The van der Waals surface area contributed by atoms with Crippen molar-refractivity contribution >= 4 is 35.4 Å². The summed E-state index contributed by atoms with van der Waals surface area (Å²) in [5.74, 6) is 0.0929. The third-order valence-electron chi connectivity index (χ3n) is 4.38. The Hall–Kier alpha value is -3.91. The molecular weight excluding hydrogens is 426 g/mol. The molecule has 0 aliphatic heterocycles. The van der Waals surface area contributed by atoms with Crippen LogP contribution in [0, 0.1) is 6.92 Å². The van der Waals surface area contributed by atoms with Gasteiger partial charge in [0, 0.05) is 20.9 Å². The van der Waals surface area contributed by atoms with Crippen LogP contribution in [0.1, 0.15) is 25.7 Å². The molecule has 164 valence electrons. The van der Waals surface area contributed by atoms with Gasteiger partial charge in [-0.05, 0) is 55.5 Å². The Bertz CT molecular complexity index is 1150. The molecule has 2 N–H and O–H groups in total. The second-order valence-electron chi connectivity index (χ2n) is 6.63. The van der Waals surface area contributed by atoms with E-state index in [1.807, 2.05) is 25.1 Å². The number of rotatable bonds is 8. The van der Waals surface area contributed by atoms with E-state index in [-0.39, 0.29) is 5.70 Å². The van der Waals surface area contributed by atoms with Gasteiger partial charge in [-0.3, -0.25) is 9.59 Å². The van der Waals surface area contributed by atoms with Crippen LogP contribution in [0.5, 0.6) is 11.5 Å². The molecule has 1 aromatic heterocycles. The number of methoxy groups -OCH3 is 2. The molecule has 0 aliphatic carbocycles. The summed E-state index contributed by atoms with van der Waals surface area (Å²) >= 11 is 1.55. The number of aryl methyl sites for hydroxylation is 1. The summed E-state index contributed by atoms with van der Waals surface area (Å²) in [7, 11) is 3.07. The maximum Gasteiger partial charge on any atom is 0.287 e. The fourth-order valence-corrected chi connectivity index (χ4v) is 3.54. The first-order valence-electron chi connectivity index (χ1n) is 9.70. The van der Waals surface area contributed by atoms with Gasteiger partial charge in [0.2, 0.25) is 0 Å². The SMILES string of the molecule is COc1ccc(OC)c(/C=C(\NC(=O)c2ccccc2)C(=O)NN=Cc2ccc(C)s2)c1. The van der Waals surface area contributed by atoms with Crippen molar-refractivity contribution in [3.8, 4) is 11.5 Å². The number of nitrogens with zero attached hydrogens (tertiary/aromatic N) is 1. The highest BCUT2D eigenvalue weighted by atomic mass is 32.1. The van der Waals surface area contributed by atoms with Crippen molar-refractivity contribution in [1.29, 1.82) is 0 Å². The molecule has 8 heteroatoms. The van der Waals surface area contributed by atoms with Crippen LogP contribution < -0.4 is 20.2 Å². The lowest BCUT2D eigenvalue weighted by molar-refractivity contribution is -0.117. The van der Waals surface area contributed by atoms with E-state index in [0.29, 0.717) is 22.6 Å². The summed E-state index contributed by atoms with van der Waals surface area (Å²) in [5, 5.41) is 6.68. The highest BCUT2D eigenvalue weighted by molar-refractivity contribution is 7.13. The Labute approximate surface area is 190 Å². The second-order valence-corrected chi connectivity index (χ2v) is 7.95. The molecule has 0 bridgehead atoms. The standard InChI is InChI=1S/C24H23N3O4S/c1-16-9-11-20(32-16)15-25-27-24(29)21(26-23(28)17-7-5-4-6-8-17)14-18-13-19(30-2)10-12-22(18)31-3/h4-15H,1-3H3,(H,26,28)(H,27,29)/b21-14-,25-15?. The van der Waals surface area contributed by atoms with Crippen LogP contribution in [0.3, 0.4) is 0 Å². The number of thiophene rings is 1. The van der Waals surface area contributed by atoms with Crippen molar-refractivity contribution in [1.82, 2.24) is 10.7 Å². The van der Waals surface area contributed by atoms with Crippen molar-refractivity contribution in [3.05, 3.63) is 87.2 Å². The van der Waals surface area contributed by atoms with E-state index < -0.39 is 11.8 Å². The van der Waals surface area contributed by atoms with E-state index in [4.69, 9.17) is 9.47 Å². The van der Waals surface area contributed by atoms with Gasteiger partial charge in [-0.2, -0.15) is 5.10 Å². The van der Waals surface area contributed by atoms with Crippen LogP contribution in [-0.2, 0) is 4.79 Å². The molecule has 1 heterocycles. The highest BCUT2D eigenvalue weighted by Crippen LogP contribution is 2.26. The van der Waals surface area contributed by atoms with Crippen molar-refractivity contribution in [2.24, 2.45) is 5.10 Å². The zero-order valence-corrected chi connectivity index (χ0v) is 18.7. The smallest absolute Gasteiger partial charge is 0.287 e. The molecular formula is C24H23N3O4S. The minimum absolute atomic E-state index is 0.00455. The van der Waals surface area contributed by atoms with E-state index >= 15 is 0 Å². The van der Waals surface area contributed by atoms with Crippen LogP contribution in [0.15, 0.2) is 71.5 Å². The van der Waals surface area contributed by atoms with Gasteiger partial charge in [-0.25, -0.2) is 5.43 Å². The van der Waals surface area contributed by atoms with Gasteiger partial charge >= 0.3 is 0 Å². The highest BCUT2D eigenvalue weighted by Gasteiger charge is 2.16. The fourth-order valence-electron chi connectivity index (χ4n) is 2.79. The van der Waals surface area contributed by atoms with Crippen molar-refractivity contribution < 1.29 is 19.1 Å². The minimum Gasteiger partial charge on any atom is -0.497 e. The second kappa shape index (κ2) is 10.9. The normalized spacial score (nSPS) is 11.3. The van der Waals surface area contributed by atoms with Gasteiger partial charge in [-0.1, -0.05) is 18.2 Å². The maximum atomic E-state index is 12.9. The van der Waals surface area contributed by atoms with Crippen molar-refractivity contribution in [2.45, 2.75) is 6.92 Å².